The molecule has 4 saturated carbocycles. The third-order valence-corrected chi connectivity index (χ3v) is 9.50. The van der Waals surface area contributed by atoms with Crippen LogP contribution in [0.5, 0.6) is 0 Å². The van der Waals surface area contributed by atoms with Crippen molar-refractivity contribution < 1.29 is 24.9 Å². The van der Waals surface area contributed by atoms with Gasteiger partial charge in [-0.1, -0.05) is 27.4 Å². The first kappa shape index (κ1) is 20.4. The Balaban J connectivity index is 1.91. The predicted molar refractivity (Wildman–Crippen MR) is 105 cm³/mol. The highest BCUT2D eigenvalue weighted by atomic mass is 16.5. The minimum absolute atomic E-state index is 0.0841. The summed E-state index contributed by atoms with van der Waals surface area (Å²) in [5, 5.41) is 33.8. The number of carbonyl (C=O) groups excluding carboxylic acids is 1. The molecule has 0 aliphatic heterocycles. The summed E-state index contributed by atoms with van der Waals surface area (Å²) in [5.41, 5.74) is -1.65. The van der Waals surface area contributed by atoms with Crippen LogP contribution in [-0.4, -0.2) is 45.2 Å². The van der Waals surface area contributed by atoms with E-state index in [0.29, 0.717) is 19.3 Å². The first-order valence-corrected chi connectivity index (χ1v) is 10.7. The number of aliphatic hydroxyl groups excluding tert-OH is 2. The number of ether oxygens (including phenoxy) is 1. The van der Waals surface area contributed by atoms with Crippen LogP contribution in [0.1, 0.15) is 66.7 Å². The van der Waals surface area contributed by atoms with Gasteiger partial charge < -0.3 is 20.1 Å². The summed E-state index contributed by atoms with van der Waals surface area (Å²) in [4.78, 5) is 12.0. The summed E-state index contributed by atoms with van der Waals surface area (Å²) in [6, 6.07) is 0. The summed E-state index contributed by atoms with van der Waals surface area (Å²) < 4.78 is 5.90. The molecule has 0 aromatic heterocycles. The molecule has 0 amide bonds. The zero-order chi connectivity index (χ0) is 20.9. The molecule has 5 nitrogen and oxygen atoms in total. The van der Waals surface area contributed by atoms with Crippen molar-refractivity contribution in [1.82, 2.24) is 0 Å². The van der Waals surface area contributed by atoms with Gasteiger partial charge in [-0.25, -0.2) is 0 Å². The van der Waals surface area contributed by atoms with Crippen molar-refractivity contribution in [3.63, 3.8) is 0 Å². The molecular formula is C23H36O5. The van der Waals surface area contributed by atoms with Crippen molar-refractivity contribution in [3.8, 4) is 0 Å². The largest absolute Gasteiger partial charge is 0.462 e. The van der Waals surface area contributed by atoms with Crippen LogP contribution < -0.4 is 0 Å². The Morgan fingerprint density at radius 2 is 1.79 bits per heavy atom. The molecule has 2 bridgehead atoms. The molecule has 158 valence electrons. The fraction of sp³-hybridized carbons (Fsp3) is 0.870. The zero-order valence-corrected chi connectivity index (χ0v) is 17.9. The molecule has 5 heteroatoms. The Hall–Kier alpha value is -0.910. The monoisotopic (exact) mass is 392 g/mol. The second-order valence-electron chi connectivity index (χ2n) is 11.1. The van der Waals surface area contributed by atoms with Gasteiger partial charge in [-0.15, -0.1) is 0 Å². The number of esters is 1. The Bertz CT molecular complexity index is 712. The Morgan fingerprint density at radius 3 is 2.39 bits per heavy atom. The second kappa shape index (κ2) is 5.83. The molecule has 4 fully saturated rings. The highest BCUT2D eigenvalue weighted by Crippen LogP contribution is 2.74. The molecule has 3 N–H and O–H groups in total. The molecule has 0 radical (unpaired) electrons. The van der Waals surface area contributed by atoms with Gasteiger partial charge in [0, 0.05) is 18.3 Å². The van der Waals surface area contributed by atoms with Crippen molar-refractivity contribution in [2.45, 2.75) is 90.6 Å². The van der Waals surface area contributed by atoms with E-state index in [1.165, 1.54) is 6.92 Å². The SMILES string of the molecule is C=C1C2CC(O)C3C4(C)CCC(O)C(C)(C)C4C(OC(C)=O)CC3(C2)C1(C)O. The van der Waals surface area contributed by atoms with Crippen LogP contribution in [0.25, 0.3) is 0 Å². The normalized spacial score (nSPS) is 54.6. The van der Waals surface area contributed by atoms with Gasteiger partial charge in [0.1, 0.15) is 6.10 Å². The van der Waals surface area contributed by atoms with Gasteiger partial charge in [-0.2, -0.15) is 0 Å². The Morgan fingerprint density at radius 1 is 1.14 bits per heavy atom. The van der Waals surface area contributed by atoms with E-state index in [2.05, 4.69) is 27.4 Å². The van der Waals surface area contributed by atoms with E-state index in [0.717, 1.165) is 18.4 Å². The highest BCUT2D eigenvalue weighted by molar-refractivity contribution is 5.66. The van der Waals surface area contributed by atoms with Gasteiger partial charge >= 0.3 is 5.97 Å². The fourth-order valence-corrected chi connectivity index (χ4v) is 8.49. The van der Waals surface area contributed by atoms with Gasteiger partial charge in [-0.3, -0.25) is 4.79 Å². The molecule has 9 unspecified atom stereocenters. The molecule has 28 heavy (non-hydrogen) atoms. The Labute approximate surface area is 168 Å². The number of carbonyl (C=O) groups is 1. The number of aliphatic hydroxyl groups is 3. The van der Waals surface area contributed by atoms with Crippen molar-refractivity contribution in [2.24, 2.45) is 34.0 Å². The fourth-order valence-electron chi connectivity index (χ4n) is 8.49. The minimum atomic E-state index is -1.10. The molecule has 0 heterocycles. The van der Waals surface area contributed by atoms with E-state index >= 15 is 0 Å². The van der Waals surface area contributed by atoms with Crippen LogP contribution in [0.15, 0.2) is 12.2 Å². The van der Waals surface area contributed by atoms with Crippen LogP contribution in [0.3, 0.4) is 0 Å². The number of hydrogen-bond donors (Lipinski definition) is 3. The summed E-state index contributed by atoms with van der Waals surface area (Å²) >= 11 is 0. The molecule has 4 aliphatic carbocycles. The summed E-state index contributed by atoms with van der Waals surface area (Å²) in [7, 11) is 0. The predicted octanol–water partition coefficient (Wildman–Crippen LogP) is 2.82. The summed E-state index contributed by atoms with van der Waals surface area (Å²) in [6.45, 7) is 13.8. The number of rotatable bonds is 1. The van der Waals surface area contributed by atoms with Crippen molar-refractivity contribution in [2.75, 3.05) is 0 Å². The van der Waals surface area contributed by atoms with Gasteiger partial charge in [0.2, 0.25) is 0 Å². The van der Waals surface area contributed by atoms with E-state index in [9.17, 15) is 20.1 Å². The van der Waals surface area contributed by atoms with E-state index < -0.39 is 34.7 Å². The van der Waals surface area contributed by atoms with Crippen molar-refractivity contribution >= 4 is 5.97 Å². The maximum absolute atomic E-state index is 12.0. The zero-order valence-electron chi connectivity index (χ0n) is 17.9. The van der Waals surface area contributed by atoms with Crippen LogP contribution >= 0.6 is 0 Å². The molecule has 0 aromatic carbocycles. The smallest absolute Gasteiger partial charge is 0.302 e. The van der Waals surface area contributed by atoms with Gasteiger partial charge in [0.25, 0.3) is 0 Å². The van der Waals surface area contributed by atoms with Crippen molar-refractivity contribution in [3.05, 3.63) is 12.2 Å². The first-order chi connectivity index (χ1) is 12.8. The van der Waals surface area contributed by atoms with E-state index in [4.69, 9.17) is 4.74 Å². The van der Waals surface area contributed by atoms with Crippen LogP contribution in [0.2, 0.25) is 0 Å². The highest BCUT2D eigenvalue weighted by Gasteiger charge is 2.75. The number of fused-ring (bicyclic) bond motifs is 3. The maximum Gasteiger partial charge on any atom is 0.302 e. The van der Waals surface area contributed by atoms with Crippen LogP contribution in [0, 0.1) is 34.0 Å². The molecule has 4 aliphatic rings. The molecule has 9 atom stereocenters. The van der Waals surface area contributed by atoms with E-state index in [-0.39, 0.29) is 29.1 Å². The van der Waals surface area contributed by atoms with Crippen LogP contribution in [-0.2, 0) is 9.53 Å². The van der Waals surface area contributed by atoms with Gasteiger partial charge in [0.05, 0.1) is 17.8 Å². The third-order valence-electron chi connectivity index (χ3n) is 9.50. The molecular weight excluding hydrogens is 356 g/mol. The van der Waals surface area contributed by atoms with E-state index in [1.54, 1.807) is 0 Å². The molecule has 0 saturated heterocycles. The first-order valence-electron chi connectivity index (χ1n) is 10.7. The average Bonchev–Trinajstić information content (AvgIpc) is 2.68. The summed E-state index contributed by atoms with van der Waals surface area (Å²) in [6.07, 6.45) is 1.91. The summed E-state index contributed by atoms with van der Waals surface area (Å²) in [5.74, 6) is -0.433. The van der Waals surface area contributed by atoms with Gasteiger partial charge in [-0.05, 0) is 67.3 Å². The lowest BCUT2D eigenvalue weighted by atomic mass is 9.38. The quantitative estimate of drug-likeness (QED) is 0.472. The average molecular weight is 393 g/mol. The lowest BCUT2D eigenvalue weighted by Gasteiger charge is -2.68. The topological polar surface area (TPSA) is 87.0 Å². The molecule has 1 spiro atoms. The lowest BCUT2D eigenvalue weighted by Crippen LogP contribution is -2.70. The maximum atomic E-state index is 12.0. The third kappa shape index (κ3) is 2.27. The van der Waals surface area contributed by atoms with E-state index in [1.807, 2.05) is 6.92 Å². The lowest BCUT2D eigenvalue weighted by molar-refractivity contribution is -0.272. The Kier molecular flexibility index (Phi) is 4.24. The minimum Gasteiger partial charge on any atom is -0.462 e. The van der Waals surface area contributed by atoms with Crippen LogP contribution in [0.4, 0.5) is 0 Å². The number of hydrogen-bond acceptors (Lipinski definition) is 5. The van der Waals surface area contributed by atoms with Gasteiger partial charge in [0.15, 0.2) is 0 Å². The van der Waals surface area contributed by atoms with Crippen molar-refractivity contribution in [1.29, 1.82) is 0 Å². The standard InChI is InChI=1S/C23H36O5/c1-12-14-9-15(25)18-21(5)8-7-17(26)20(3,4)19(21)16(28-13(2)24)11-23(18,10-14)22(12,6)27/h14-19,25-27H,1,7-11H2,2-6H3. The molecule has 4 rings (SSSR count). The second-order valence-corrected chi connectivity index (χ2v) is 11.1. The molecule has 0 aromatic rings.